The highest BCUT2D eigenvalue weighted by molar-refractivity contribution is 14.2. The van der Waals surface area contributed by atoms with Gasteiger partial charge in [0.25, 0.3) is 0 Å². The van der Waals surface area contributed by atoms with Crippen LogP contribution in [0.3, 0.4) is 0 Å². The Bertz CT molecular complexity index is 579. The fourth-order valence-electron chi connectivity index (χ4n) is 1.12. The molecule has 0 spiro atoms. The molecule has 1 rings (SSSR count). The molecule has 0 bridgehead atoms. The first-order chi connectivity index (χ1) is 7.77. The zero-order valence-electron chi connectivity index (χ0n) is 8.44. The van der Waals surface area contributed by atoms with Crippen LogP contribution < -0.4 is 0 Å². The lowest BCUT2D eigenvalue weighted by Crippen LogP contribution is -2.08. The fraction of sp³-hybridized carbons (Fsp3) is 0.111. The van der Waals surface area contributed by atoms with E-state index in [1.54, 1.807) is 0 Å². The van der Waals surface area contributed by atoms with E-state index < -0.39 is 13.0 Å². The Kier molecular flexibility index (Phi) is 4.89. The first-order valence-corrected chi connectivity index (χ1v) is 9.24. The molecule has 0 aliphatic rings. The maximum atomic E-state index is 11.5. The van der Waals surface area contributed by atoms with Gasteiger partial charge in [-0.1, -0.05) is 0 Å². The Labute approximate surface area is 124 Å². The summed E-state index contributed by atoms with van der Waals surface area (Å²) >= 11 is 2.75. The van der Waals surface area contributed by atoms with Gasteiger partial charge >= 0.3 is 5.97 Å². The Morgan fingerprint density at radius 3 is 2.29 bits per heavy atom. The molecule has 0 unspecified atom stereocenters. The summed E-state index contributed by atoms with van der Waals surface area (Å²) in [6.45, 7) is 0. The standard InChI is InChI=1S/C9H6I2O5S/c1-16-9(13)6-3-2-5(8(10)12)4-7(6)17(11,14)15/h2-4H,1H3. The van der Waals surface area contributed by atoms with Gasteiger partial charge in [0.15, 0.2) is 0 Å². The first kappa shape index (κ1) is 14.8. The molecule has 1 aromatic rings. The van der Waals surface area contributed by atoms with E-state index in [1.165, 1.54) is 62.0 Å². The average molecular weight is 480 g/mol. The molecule has 92 valence electrons. The summed E-state index contributed by atoms with van der Waals surface area (Å²) in [5.41, 5.74) is 0.136. The minimum Gasteiger partial charge on any atom is -0.465 e. The van der Waals surface area contributed by atoms with Gasteiger partial charge < -0.3 is 4.74 Å². The molecule has 0 aromatic heterocycles. The highest BCUT2D eigenvalue weighted by Gasteiger charge is 2.22. The van der Waals surface area contributed by atoms with E-state index >= 15 is 0 Å². The Hall–Kier alpha value is -0.230. The molecule has 0 saturated heterocycles. The molecule has 0 fully saturated rings. The molecule has 0 radical (unpaired) electrons. The van der Waals surface area contributed by atoms with Crippen molar-refractivity contribution < 1.29 is 22.7 Å². The van der Waals surface area contributed by atoms with Crippen molar-refractivity contribution in [1.29, 1.82) is 0 Å². The van der Waals surface area contributed by atoms with Crippen LogP contribution >= 0.6 is 43.8 Å². The molecule has 1 aromatic carbocycles. The largest absolute Gasteiger partial charge is 0.465 e. The lowest BCUT2D eigenvalue weighted by molar-refractivity contribution is 0.0596. The lowest BCUT2D eigenvalue weighted by atomic mass is 10.1. The van der Waals surface area contributed by atoms with Gasteiger partial charge in [0.05, 0.1) is 38.8 Å². The molecule has 0 saturated carbocycles. The van der Waals surface area contributed by atoms with Crippen molar-refractivity contribution >= 4 is 60.6 Å². The highest BCUT2D eigenvalue weighted by atomic mass is 127. The molecule has 17 heavy (non-hydrogen) atoms. The number of carbonyl (C=O) groups excluding carboxylic acids is 2. The second-order valence-electron chi connectivity index (χ2n) is 2.91. The van der Waals surface area contributed by atoms with Crippen molar-refractivity contribution in [2.75, 3.05) is 7.11 Å². The minimum absolute atomic E-state index is 0.0803. The number of carbonyl (C=O) groups is 2. The van der Waals surface area contributed by atoms with Crippen molar-refractivity contribution in [3.05, 3.63) is 29.3 Å². The normalized spacial score (nSPS) is 11.0. The summed E-state index contributed by atoms with van der Waals surface area (Å²) in [5, 5.41) is 0. The van der Waals surface area contributed by atoms with Crippen molar-refractivity contribution in [3.63, 3.8) is 0 Å². The van der Waals surface area contributed by atoms with E-state index in [0.29, 0.717) is 0 Å². The molecule has 0 atom stereocenters. The number of hydrogen-bond acceptors (Lipinski definition) is 5. The summed E-state index contributed by atoms with van der Waals surface area (Å²) < 4.78 is 27.2. The third-order valence-electron chi connectivity index (χ3n) is 1.88. The number of hydrogen-bond donors (Lipinski definition) is 0. The summed E-state index contributed by atoms with van der Waals surface area (Å²) in [4.78, 5) is 22.3. The third-order valence-corrected chi connectivity index (χ3v) is 4.79. The van der Waals surface area contributed by atoms with Crippen LogP contribution in [0.2, 0.25) is 0 Å². The van der Waals surface area contributed by atoms with Gasteiger partial charge in [0.1, 0.15) is 0 Å². The van der Waals surface area contributed by atoms with Crippen LogP contribution in [0.5, 0.6) is 0 Å². The SMILES string of the molecule is COC(=O)c1ccc(C(=O)I)cc1S(=O)(=O)I. The quantitative estimate of drug-likeness (QED) is 0.377. The van der Waals surface area contributed by atoms with E-state index in [2.05, 4.69) is 4.74 Å². The maximum absolute atomic E-state index is 11.5. The van der Waals surface area contributed by atoms with Crippen LogP contribution in [-0.4, -0.2) is 25.3 Å². The van der Waals surface area contributed by atoms with Gasteiger partial charge in [-0.3, -0.25) is 4.79 Å². The van der Waals surface area contributed by atoms with Crippen molar-refractivity contribution in [3.8, 4) is 0 Å². The number of halogens is 2. The number of esters is 1. The summed E-state index contributed by atoms with van der Waals surface area (Å²) in [5.74, 6) is -0.757. The van der Waals surface area contributed by atoms with Gasteiger partial charge in [0, 0.05) is 28.2 Å². The van der Waals surface area contributed by atoms with Crippen molar-refractivity contribution in [2.24, 2.45) is 0 Å². The molecular weight excluding hydrogens is 474 g/mol. The second-order valence-corrected chi connectivity index (χ2v) is 8.69. The van der Waals surface area contributed by atoms with E-state index in [0.717, 1.165) is 7.11 Å². The van der Waals surface area contributed by atoms with Crippen LogP contribution in [-0.2, 0) is 11.7 Å². The van der Waals surface area contributed by atoms with Gasteiger partial charge in [-0.2, -0.15) is 0 Å². The Morgan fingerprint density at radius 1 is 1.29 bits per heavy atom. The van der Waals surface area contributed by atoms with Gasteiger partial charge in [-0.25, -0.2) is 13.2 Å². The van der Waals surface area contributed by atoms with E-state index in [9.17, 15) is 18.0 Å². The molecule has 0 aliphatic heterocycles. The average Bonchev–Trinajstić information content (AvgIpc) is 2.26. The highest BCUT2D eigenvalue weighted by Crippen LogP contribution is 2.25. The lowest BCUT2D eigenvalue weighted by Gasteiger charge is -2.06. The van der Waals surface area contributed by atoms with Crippen molar-refractivity contribution in [2.45, 2.75) is 4.90 Å². The maximum Gasteiger partial charge on any atom is 0.339 e. The number of rotatable bonds is 3. The van der Waals surface area contributed by atoms with Crippen LogP contribution in [0.1, 0.15) is 20.7 Å². The van der Waals surface area contributed by atoms with Gasteiger partial charge in [0.2, 0.25) is 10.8 Å². The fourth-order valence-corrected chi connectivity index (χ4v) is 3.24. The monoisotopic (exact) mass is 480 g/mol. The smallest absolute Gasteiger partial charge is 0.339 e. The van der Waals surface area contributed by atoms with Crippen LogP contribution in [0.4, 0.5) is 0 Å². The molecule has 0 aliphatic carbocycles. The zero-order chi connectivity index (χ0) is 13.2. The minimum atomic E-state index is -3.63. The van der Waals surface area contributed by atoms with Gasteiger partial charge in [-0.15, -0.1) is 0 Å². The predicted molar refractivity (Wildman–Crippen MR) is 77.3 cm³/mol. The molecule has 0 amide bonds. The summed E-state index contributed by atoms with van der Waals surface area (Å²) in [6.07, 6.45) is 0. The Morgan fingerprint density at radius 2 is 1.88 bits per heavy atom. The first-order valence-electron chi connectivity index (χ1n) is 4.14. The van der Waals surface area contributed by atoms with Crippen LogP contribution in [0.15, 0.2) is 23.1 Å². The molecule has 0 heterocycles. The number of methoxy groups -OCH3 is 1. The topological polar surface area (TPSA) is 77.5 Å². The number of ether oxygens (including phenoxy) is 1. The number of benzene rings is 1. The van der Waals surface area contributed by atoms with E-state index in [1.807, 2.05) is 0 Å². The molecule has 8 heteroatoms. The predicted octanol–water partition coefficient (Wildman–Crippen LogP) is 2.17. The third kappa shape index (κ3) is 3.61. The van der Waals surface area contributed by atoms with Crippen molar-refractivity contribution in [1.82, 2.24) is 0 Å². The van der Waals surface area contributed by atoms with E-state index in [-0.39, 0.29) is 19.8 Å². The molecule has 5 nitrogen and oxygen atoms in total. The zero-order valence-corrected chi connectivity index (χ0v) is 13.6. The molecule has 0 N–H and O–H groups in total. The Balaban J connectivity index is 3.54. The summed E-state index contributed by atoms with van der Waals surface area (Å²) in [7, 11) is -2.47. The second kappa shape index (κ2) is 5.61. The summed E-state index contributed by atoms with van der Waals surface area (Å²) in [6, 6.07) is 3.82. The van der Waals surface area contributed by atoms with Crippen LogP contribution in [0, 0.1) is 0 Å². The molecular formula is C9H6I2O5S. The van der Waals surface area contributed by atoms with E-state index in [4.69, 9.17) is 0 Å². The van der Waals surface area contributed by atoms with Crippen LogP contribution in [0.25, 0.3) is 0 Å². The van der Waals surface area contributed by atoms with Gasteiger partial charge in [-0.05, 0) is 18.2 Å².